The molecule has 0 fully saturated rings. The van der Waals surface area contributed by atoms with E-state index >= 15 is 0 Å². The van der Waals surface area contributed by atoms with Crippen molar-refractivity contribution in [1.29, 1.82) is 0 Å². The molecule has 2 aliphatic rings. The number of anilines is 2. The summed E-state index contributed by atoms with van der Waals surface area (Å²) in [6.45, 7) is 1.22. The van der Waals surface area contributed by atoms with Crippen molar-refractivity contribution in [3.8, 4) is 11.5 Å². The molecule has 0 saturated heterocycles. The molecule has 24 heavy (non-hydrogen) atoms. The average molecular weight is 365 g/mol. The second-order valence-corrected chi connectivity index (χ2v) is 6.52. The first kappa shape index (κ1) is 15.4. The minimum absolute atomic E-state index is 0.383. The number of urea groups is 1. The smallest absolute Gasteiger partial charge is 0.323 e. The molecule has 2 aromatic rings. The minimum atomic E-state index is -0.383. The molecule has 2 heterocycles. The number of carbonyl (C=O) groups is 1. The van der Waals surface area contributed by atoms with Crippen LogP contribution in [0.1, 0.15) is 11.1 Å². The highest BCUT2D eigenvalue weighted by Crippen LogP contribution is 2.44. The average Bonchev–Trinajstić information content (AvgIpc) is 3.14. The summed E-state index contributed by atoms with van der Waals surface area (Å²) in [5.41, 5.74) is 3.22. The summed E-state index contributed by atoms with van der Waals surface area (Å²) >= 11 is 11.9. The number of nitrogens with one attached hydrogen (secondary N) is 2. The first-order chi connectivity index (χ1) is 11.6. The van der Waals surface area contributed by atoms with Gasteiger partial charge in [0.2, 0.25) is 0 Å². The predicted octanol–water partition coefficient (Wildman–Crippen LogP) is 4.51. The Balaban J connectivity index is 1.60. The zero-order valence-corrected chi connectivity index (χ0v) is 14.1. The molecule has 124 valence electrons. The summed E-state index contributed by atoms with van der Waals surface area (Å²) in [5, 5.41) is 6.54. The van der Waals surface area contributed by atoms with Gasteiger partial charge in [0.1, 0.15) is 11.5 Å². The standard InChI is InChI=1S/C17H14Cl2N2O3/c18-10-6-11(19)8-12(7-10)20-17(22)21-15-13-2-4-23-14(13)5-9-1-3-24-16(9)15/h5-8H,1-4H2,(H2,20,21,22). The van der Waals surface area contributed by atoms with Crippen molar-refractivity contribution in [3.63, 3.8) is 0 Å². The molecule has 5 nitrogen and oxygen atoms in total. The number of benzene rings is 2. The van der Waals surface area contributed by atoms with E-state index < -0.39 is 0 Å². The van der Waals surface area contributed by atoms with Gasteiger partial charge in [-0.05, 0) is 24.3 Å². The zero-order chi connectivity index (χ0) is 16.7. The minimum Gasteiger partial charge on any atom is -0.493 e. The number of hydrogen-bond donors (Lipinski definition) is 2. The van der Waals surface area contributed by atoms with Crippen LogP contribution in [0.4, 0.5) is 16.2 Å². The molecule has 0 unspecified atom stereocenters. The van der Waals surface area contributed by atoms with Crippen LogP contribution in [-0.4, -0.2) is 19.2 Å². The van der Waals surface area contributed by atoms with E-state index in [9.17, 15) is 4.79 Å². The van der Waals surface area contributed by atoms with Crippen molar-refractivity contribution < 1.29 is 14.3 Å². The lowest BCUT2D eigenvalue weighted by molar-refractivity contribution is 0.262. The van der Waals surface area contributed by atoms with Gasteiger partial charge in [-0.1, -0.05) is 23.2 Å². The summed E-state index contributed by atoms with van der Waals surface area (Å²) < 4.78 is 11.3. The Bertz CT molecular complexity index is 787. The maximum atomic E-state index is 12.4. The number of ether oxygens (including phenoxy) is 2. The predicted molar refractivity (Wildman–Crippen MR) is 93.9 cm³/mol. The van der Waals surface area contributed by atoms with Crippen LogP contribution < -0.4 is 20.1 Å². The second-order valence-electron chi connectivity index (χ2n) is 5.65. The number of carbonyl (C=O) groups excluding carboxylic acids is 1. The number of amides is 2. The van der Waals surface area contributed by atoms with E-state index in [1.54, 1.807) is 18.2 Å². The van der Waals surface area contributed by atoms with Crippen molar-refractivity contribution in [3.05, 3.63) is 45.4 Å². The van der Waals surface area contributed by atoms with Crippen molar-refractivity contribution in [2.45, 2.75) is 12.8 Å². The Morgan fingerprint density at radius 2 is 1.71 bits per heavy atom. The molecular formula is C17H14Cl2N2O3. The fourth-order valence-electron chi connectivity index (χ4n) is 3.02. The van der Waals surface area contributed by atoms with Gasteiger partial charge < -0.3 is 20.1 Å². The van der Waals surface area contributed by atoms with Gasteiger partial charge in [0.05, 0.1) is 18.9 Å². The lowest BCUT2D eigenvalue weighted by Gasteiger charge is -2.14. The summed E-state index contributed by atoms with van der Waals surface area (Å²) in [7, 11) is 0. The van der Waals surface area contributed by atoms with Crippen LogP contribution in [0.5, 0.6) is 11.5 Å². The topological polar surface area (TPSA) is 59.6 Å². The largest absolute Gasteiger partial charge is 0.493 e. The molecule has 2 N–H and O–H groups in total. The summed E-state index contributed by atoms with van der Waals surface area (Å²) in [5.74, 6) is 1.55. The van der Waals surface area contributed by atoms with Gasteiger partial charge in [-0.2, -0.15) is 0 Å². The van der Waals surface area contributed by atoms with Crippen LogP contribution in [0.25, 0.3) is 0 Å². The third kappa shape index (κ3) is 2.85. The molecule has 0 bridgehead atoms. The first-order valence-electron chi connectivity index (χ1n) is 7.58. The molecule has 0 aromatic heterocycles. The van der Waals surface area contributed by atoms with Crippen LogP contribution in [0, 0.1) is 0 Å². The fourth-order valence-corrected chi connectivity index (χ4v) is 3.55. The summed E-state index contributed by atoms with van der Waals surface area (Å²) in [6, 6.07) is 6.49. The van der Waals surface area contributed by atoms with Crippen molar-refractivity contribution in [2.75, 3.05) is 23.8 Å². The molecule has 2 aliphatic heterocycles. The van der Waals surface area contributed by atoms with Gasteiger partial charge in [0, 0.05) is 39.7 Å². The van der Waals surface area contributed by atoms with Gasteiger partial charge in [0.25, 0.3) is 0 Å². The lowest BCUT2D eigenvalue weighted by atomic mass is 10.0. The van der Waals surface area contributed by atoms with E-state index in [-0.39, 0.29) is 6.03 Å². The summed E-state index contributed by atoms with van der Waals surface area (Å²) in [4.78, 5) is 12.4. The Hall–Kier alpha value is -2.11. The molecule has 2 amide bonds. The van der Waals surface area contributed by atoms with Gasteiger partial charge in [0.15, 0.2) is 0 Å². The van der Waals surface area contributed by atoms with E-state index in [1.165, 1.54) is 0 Å². The Kier molecular flexibility index (Phi) is 3.90. The molecule has 0 radical (unpaired) electrons. The molecule has 4 rings (SSSR count). The highest BCUT2D eigenvalue weighted by molar-refractivity contribution is 6.35. The van der Waals surface area contributed by atoms with Gasteiger partial charge >= 0.3 is 6.03 Å². The Labute approximate surface area is 148 Å². The number of rotatable bonds is 2. The summed E-state index contributed by atoms with van der Waals surface area (Å²) in [6.07, 6.45) is 1.55. The van der Waals surface area contributed by atoms with Crippen LogP contribution in [0.3, 0.4) is 0 Å². The highest BCUT2D eigenvalue weighted by Gasteiger charge is 2.27. The molecule has 0 aliphatic carbocycles. The van der Waals surface area contributed by atoms with E-state index in [1.807, 2.05) is 6.07 Å². The maximum Gasteiger partial charge on any atom is 0.323 e. The van der Waals surface area contributed by atoms with E-state index in [0.717, 1.165) is 35.5 Å². The second kappa shape index (κ2) is 6.07. The SMILES string of the molecule is O=C(Nc1cc(Cl)cc(Cl)c1)Nc1c2c(cc3c1OCC3)OCC2. The van der Waals surface area contributed by atoms with Crippen LogP contribution in [-0.2, 0) is 12.8 Å². The number of fused-ring (bicyclic) bond motifs is 2. The van der Waals surface area contributed by atoms with E-state index in [0.29, 0.717) is 34.6 Å². The lowest BCUT2D eigenvalue weighted by Crippen LogP contribution is -2.20. The molecule has 2 aromatic carbocycles. The molecule has 0 spiro atoms. The van der Waals surface area contributed by atoms with Crippen molar-refractivity contribution >= 4 is 40.6 Å². The van der Waals surface area contributed by atoms with Gasteiger partial charge in [-0.25, -0.2) is 4.79 Å². The third-order valence-corrected chi connectivity index (χ3v) is 4.45. The maximum absolute atomic E-state index is 12.4. The van der Waals surface area contributed by atoms with Crippen LogP contribution in [0.2, 0.25) is 10.0 Å². The molecule has 0 atom stereocenters. The monoisotopic (exact) mass is 364 g/mol. The Morgan fingerprint density at radius 3 is 2.50 bits per heavy atom. The number of hydrogen-bond acceptors (Lipinski definition) is 3. The highest BCUT2D eigenvalue weighted by atomic mass is 35.5. The van der Waals surface area contributed by atoms with Crippen LogP contribution in [0.15, 0.2) is 24.3 Å². The van der Waals surface area contributed by atoms with E-state index in [2.05, 4.69) is 10.6 Å². The molecule has 0 saturated carbocycles. The van der Waals surface area contributed by atoms with Crippen LogP contribution >= 0.6 is 23.2 Å². The van der Waals surface area contributed by atoms with Gasteiger partial charge in [-0.3, -0.25) is 0 Å². The Morgan fingerprint density at radius 1 is 0.958 bits per heavy atom. The fraction of sp³-hybridized carbons (Fsp3) is 0.235. The molecular weight excluding hydrogens is 351 g/mol. The van der Waals surface area contributed by atoms with Crippen molar-refractivity contribution in [1.82, 2.24) is 0 Å². The van der Waals surface area contributed by atoms with E-state index in [4.69, 9.17) is 32.7 Å². The van der Waals surface area contributed by atoms with Crippen molar-refractivity contribution in [2.24, 2.45) is 0 Å². The number of halogens is 2. The quantitative estimate of drug-likeness (QED) is 0.824. The third-order valence-electron chi connectivity index (χ3n) is 4.01. The van der Waals surface area contributed by atoms with Gasteiger partial charge in [-0.15, -0.1) is 0 Å². The first-order valence-corrected chi connectivity index (χ1v) is 8.34. The zero-order valence-electron chi connectivity index (χ0n) is 12.6. The normalized spacial score (nSPS) is 14.4. The molecule has 7 heteroatoms.